The van der Waals surface area contributed by atoms with Gasteiger partial charge in [0.05, 0.1) is 11.6 Å². The van der Waals surface area contributed by atoms with Crippen molar-refractivity contribution in [1.82, 2.24) is 19.7 Å². The van der Waals surface area contributed by atoms with E-state index in [1.165, 1.54) is 6.33 Å². The lowest BCUT2D eigenvalue weighted by Crippen LogP contribution is -2.22. The first-order valence-corrected chi connectivity index (χ1v) is 12.0. The molecule has 0 atom stereocenters. The quantitative estimate of drug-likeness (QED) is 0.296. The Morgan fingerprint density at radius 2 is 1.46 bits per heavy atom. The first-order chi connectivity index (χ1) is 18.0. The van der Waals surface area contributed by atoms with Gasteiger partial charge in [-0.05, 0) is 61.7 Å². The summed E-state index contributed by atoms with van der Waals surface area (Å²) in [5, 5.41) is 7.60. The number of amides is 1. The number of nitrogens with zero attached hydrogens (tertiary/aromatic N) is 4. The van der Waals surface area contributed by atoms with Crippen molar-refractivity contribution in [2.75, 3.05) is 5.32 Å². The number of benzene rings is 3. The predicted molar refractivity (Wildman–Crippen MR) is 143 cm³/mol. The molecule has 0 saturated heterocycles. The first-order valence-electron chi connectivity index (χ1n) is 12.0. The van der Waals surface area contributed by atoms with Gasteiger partial charge in [0.2, 0.25) is 11.8 Å². The summed E-state index contributed by atoms with van der Waals surface area (Å²) in [6.07, 6.45) is 1.46. The number of nitrogens with one attached hydrogen (secondary N) is 1. The molecule has 0 unspecified atom stereocenters. The summed E-state index contributed by atoms with van der Waals surface area (Å²) in [5.41, 5.74) is 5.65. The highest BCUT2D eigenvalue weighted by atomic mass is 16.5. The molecule has 7 heteroatoms. The number of carbonyl (C=O) groups excluding carboxylic acids is 1. The standard InChI is InChI=1S/C30H27N5O2/c1-20-21(2)34-35(22(20)3)27-18-28(32-19-31-27)37-26-16-14-25(15-17-26)33-30(36)29(23-10-6-4-7-11-23)24-12-8-5-9-13-24/h4-19,29H,1-3H3,(H,33,36). The molecule has 0 bridgehead atoms. The lowest BCUT2D eigenvalue weighted by atomic mass is 9.90. The van der Waals surface area contributed by atoms with Gasteiger partial charge >= 0.3 is 0 Å². The number of rotatable bonds is 7. The number of hydrogen-bond acceptors (Lipinski definition) is 5. The second-order valence-corrected chi connectivity index (χ2v) is 8.79. The summed E-state index contributed by atoms with van der Waals surface area (Å²) >= 11 is 0. The lowest BCUT2D eigenvalue weighted by Gasteiger charge is -2.18. The zero-order valence-electron chi connectivity index (χ0n) is 20.9. The molecular weight excluding hydrogens is 462 g/mol. The summed E-state index contributed by atoms with van der Waals surface area (Å²) in [4.78, 5) is 21.9. The largest absolute Gasteiger partial charge is 0.439 e. The van der Waals surface area contributed by atoms with Gasteiger partial charge in [-0.15, -0.1) is 0 Å². The molecule has 1 amide bonds. The zero-order valence-corrected chi connectivity index (χ0v) is 20.9. The molecule has 7 nitrogen and oxygen atoms in total. The third-order valence-electron chi connectivity index (χ3n) is 6.37. The van der Waals surface area contributed by atoms with Gasteiger partial charge in [-0.2, -0.15) is 5.10 Å². The van der Waals surface area contributed by atoms with Crippen LogP contribution in [0.15, 0.2) is 97.3 Å². The second kappa shape index (κ2) is 10.5. The van der Waals surface area contributed by atoms with Crippen LogP contribution in [0.2, 0.25) is 0 Å². The average molecular weight is 490 g/mol. The molecule has 0 saturated carbocycles. The molecule has 184 valence electrons. The molecular formula is C30H27N5O2. The van der Waals surface area contributed by atoms with E-state index < -0.39 is 5.92 Å². The monoisotopic (exact) mass is 489 g/mol. The van der Waals surface area contributed by atoms with Crippen LogP contribution in [0.5, 0.6) is 11.6 Å². The number of anilines is 1. The van der Waals surface area contributed by atoms with Crippen LogP contribution in [0.25, 0.3) is 5.82 Å². The summed E-state index contributed by atoms with van der Waals surface area (Å²) < 4.78 is 7.74. The van der Waals surface area contributed by atoms with E-state index in [2.05, 4.69) is 20.4 Å². The summed E-state index contributed by atoms with van der Waals surface area (Å²) in [7, 11) is 0. The van der Waals surface area contributed by atoms with E-state index in [0.717, 1.165) is 28.1 Å². The Balaban J connectivity index is 1.31. The van der Waals surface area contributed by atoms with Crippen LogP contribution in [-0.2, 0) is 4.79 Å². The molecule has 0 aliphatic carbocycles. The summed E-state index contributed by atoms with van der Waals surface area (Å²) in [6, 6.07) is 28.5. The Hall–Kier alpha value is -4.78. The maximum absolute atomic E-state index is 13.3. The van der Waals surface area contributed by atoms with Gasteiger partial charge in [-0.1, -0.05) is 60.7 Å². The van der Waals surface area contributed by atoms with Gasteiger partial charge < -0.3 is 10.1 Å². The van der Waals surface area contributed by atoms with Crippen molar-refractivity contribution in [2.24, 2.45) is 0 Å². The summed E-state index contributed by atoms with van der Waals surface area (Å²) in [6.45, 7) is 6.01. The van der Waals surface area contributed by atoms with Gasteiger partial charge in [0, 0.05) is 17.4 Å². The number of ether oxygens (including phenoxy) is 1. The second-order valence-electron chi connectivity index (χ2n) is 8.79. The van der Waals surface area contributed by atoms with Crippen molar-refractivity contribution >= 4 is 11.6 Å². The molecule has 1 N–H and O–H groups in total. The van der Waals surface area contributed by atoms with Gasteiger partial charge in [0.25, 0.3) is 0 Å². The number of aryl methyl sites for hydroxylation is 1. The third-order valence-corrected chi connectivity index (χ3v) is 6.37. The van der Waals surface area contributed by atoms with Gasteiger partial charge in [0.1, 0.15) is 12.1 Å². The van der Waals surface area contributed by atoms with Crippen molar-refractivity contribution in [3.8, 4) is 17.4 Å². The first kappa shape index (κ1) is 23.9. The van der Waals surface area contributed by atoms with Crippen LogP contribution < -0.4 is 10.1 Å². The molecule has 37 heavy (non-hydrogen) atoms. The summed E-state index contributed by atoms with van der Waals surface area (Å²) in [5.74, 6) is 1.10. The number of hydrogen-bond donors (Lipinski definition) is 1. The predicted octanol–water partition coefficient (Wildman–Crippen LogP) is 6.15. The van der Waals surface area contributed by atoms with E-state index >= 15 is 0 Å². The third kappa shape index (κ3) is 5.26. The highest BCUT2D eigenvalue weighted by molar-refractivity contribution is 5.98. The minimum absolute atomic E-state index is 0.105. The Kier molecular flexibility index (Phi) is 6.76. The van der Waals surface area contributed by atoms with Crippen LogP contribution in [0.3, 0.4) is 0 Å². The van der Waals surface area contributed by atoms with Gasteiger partial charge in [-0.3, -0.25) is 4.79 Å². The van der Waals surface area contributed by atoms with Crippen molar-refractivity contribution in [3.63, 3.8) is 0 Å². The fourth-order valence-electron chi connectivity index (χ4n) is 4.17. The lowest BCUT2D eigenvalue weighted by molar-refractivity contribution is -0.116. The fourth-order valence-corrected chi connectivity index (χ4v) is 4.17. The van der Waals surface area contributed by atoms with E-state index in [1.54, 1.807) is 22.9 Å². The molecule has 0 aliphatic rings. The van der Waals surface area contributed by atoms with Crippen molar-refractivity contribution in [3.05, 3.63) is 125 Å². The molecule has 5 rings (SSSR count). The van der Waals surface area contributed by atoms with E-state index in [9.17, 15) is 4.79 Å². The molecule has 2 heterocycles. The van der Waals surface area contributed by atoms with Crippen molar-refractivity contribution in [1.29, 1.82) is 0 Å². The van der Waals surface area contributed by atoms with Crippen LogP contribution in [0.1, 0.15) is 34.0 Å². The van der Waals surface area contributed by atoms with Crippen LogP contribution in [-0.4, -0.2) is 25.7 Å². The Bertz CT molecular complexity index is 1470. The van der Waals surface area contributed by atoms with Crippen LogP contribution in [0.4, 0.5) is 5.69 Å². The minimum Gasteiger partial charge on any atom is -0.439 e. The van der Waals surface area contributed by atoms with E-state index in [4.69, 9.17) is 4.74 Å². The average Bonchev–Trinajstić information content (AvgIpc) is 3.18. The molecule has 0 radical (unpaired) electrons. The van der Waals surface area contributed by atoms with Crippen molar-refractivity contribution < 1.29 is 9.53 Å². The molecule has 5 aromatic rings. The molecule has 2 aromatic heterocycles. The van der Waals surface area contributed by atoms with E-state index in [-0.39, 0.29) is 5.91 Å². The Labute approximate surface area is 215 Å². The van der Waals surface area contributed by atoms with Crippen LogP contribution >= 0.6 is 0 Å². The normalized spacial score (nSPS) is 10.9. The SMILES string of the molecule is Cc1nn(-c2cc(Oc3ccc(NC(=O)C(c4ccccc4)c4ccccc4)cc3)ncn2)c(C)c1C. The zero-order chi connectivity index (χ0) is 25.8. The van der Waals surface area contributed by atoms with Gasteiger partial charge in [-0.25, -0.2) is 14.6 Å². The topological polar surface area (TPSA) is 81.9 Å². The fraction of sp³-hybridized carbons (Fsp3) is 0.133. The van der Waals surface area contributed by atoms with Crippen LogP contribution in [0, 0.1) is 20.8 Å². The Morgan fingerprint density at radius 3 is 2.03 bits per heavy atom. The minimum atomic E-state index is -0.421. The Morgan fingerprint density at radius 1 is 0.838 bits per heavy atom. The highest BCUT2D eigenvalue weighted by Gasteiger charge is 2.22. The maximum atomic E-state index is 13.3. The molecule has 3 aromatic carbocycles. The smallest absolute Gasteiger partial charge is 0.236 e. The highest BCUT2D eigenvalue weighted by Crippen LogP contribution is 2.28. The van der Waals surface area contributed by atoms with E-state index in [0.29, 0.717) is 23.1 Å². The molecule has 0 spiro atoms. The molecule has 0 aliphatic heterocycles. The maximum Gasteiger partial charge on any atom is 0.236 e. The number of carbonyl (C=O) groups is 1. The van der Waals surface area contributed by atoms with Gasteiger partial charge in [0.15, 0.2) is 5.82 Å². The van der Waals surface area contributed by atoms with Crippen molar-refractivity contribution in [2.45, 2.75) is 26.7 Å². The molecule has 0 fully saturated rings. The van der Waals surface area contributed by atoms with E-state index in [1.807, 2.05) is 93.6 Å². The number of aromatic nitrogens is 4.